The van der Waals surface area contributed by atoms with Gasteiger partial charge in [0.2, 0.25) is 0 Å². The first kappa shape index (κ1) is 15.9. The van der Waals surface area contributed by atoms with Gasteiger partial charge in [-0.2, -0.15) is 5.26 Å². The number of anilines is 1. The highest BCUT2D eigenvalue weighted by atomic mass is 32.1. The van der Waals surface area contributed by atoms with Crippen LogP contribution in [0.2, 0.25) is 0 Å². The van der Waals surface area contributed by atoms with Crippen molar-refractivity contribution in [3.63, 3.8) is 0 Å². The number of nitrogens with zero attached hydrogens (tertiary/aromatic N) is 1. The van der Waals surface area contributed by atoms with Gasteiger partial charge in [-0.15, -0.1) is 11.3 Å². The SMILES string of the molecule is N#CCc1ccc(NC(=O)c2ccc(-c3ccc(F)cc3)s2)cc1. The van der Waals surface area contributed by atoms with Gasteiger partial charge in [-0.25, -0.2) is 4.39 Å². The van der Waals surface area contributed by atoms with Crippen LogP contribution in [0.5, 0.6) is 0 Å². The minimum Gasteiger partial charge on any atom is -0.321 e. The molecule has 0 spiro atoms. The number of rotatable bonds is 4. The highest BCUT2D eigenvalue weighted by Gasteiger charge is 2.11. The number of nitriles is 1. The van der Waals surface area contributed by atoms with Crippen LogP contribution in [0.15, 0.2) is 60.7 Å². The van der Waals surface area contributed by atoms with Gasteiger partial charge < -0.3 is 5.32 Å². The lowest BCUT2D eigenvalue weighted by Gasteiger charge is -2.04. The summed E-state index contributed by atoms with van der Waals surface area (Å²) in [6, 6.07) is 19.1. The first-order chi connectivity index (χ1) is 11.7. The predicted molar refractivity (Wildman–Crippen MR) is 93.4 cm³/mol. The molecule has 0 radical (unpaired) electrons. The van der Waals surface area contributed by atoms with Crippen molar-refractivity contribution in [2.45, 2.75) is 6.42 Å². The zero-order chi connectivity index (χ0) is 16.9. The van der Waals surface area contributed by atoms with Gasteiger partial charge in [0.1, 0.15) is 5.82 Å². The maximum atomic E-state index is 13.0. The molecule has 118 valence electrons. The van der Waals surface area contributed by atoms with Crippen LogP contribution >= 0.6 is 11.3 Å². The zero-order valence-electron chi connectivity index (χ0n) is 12.6. The predicted octanol–water partition coefficient (Wildman–Crippen LogP) is 4.87. The van der Waals surface area contributed by atoms with Gasteiger partial charge in [0.05, 0.1) is 17.4 Å². The van der Waals surface area contributed by atoms with Crippen LogP contribution in [-0.4, -0.2) is 5.91 Å². The Bertz CT molecular complexity index is 892. The van der Waals surface area contributed by atoms with Crippen LogP contribution in [0, 0.1) is 17.1 Å². The zero-order valence-corrected chi connectivity index (χ0v) is 13.4. The molecule has 1 aromatic heterocycles. The Labute approximate surface area is 143 Å². The van der Waals surface area contributed by atoms with Crippen LogP contribution < -0.4 is 5.32 Å². The molecule has 2 aromatic carbocycles. The van der Waals surface area contributed by atoms with Crippen molar-refractivity contribution in [2.24, 2.45) is 0 Å². The molecular weight excluding hydrogens is 323 g/mol. The van der Waals surface area contributed by atoms with Gasteiger partial charge in [-0.05, 0) is 47.5 Å². The number of benzene rings is 2. The minimum atomic E-state index is -0.284. The molecule has 0 fully saturated rings. The molecule has 1 heterocycles. The van der Waals surface area contributed by atoms with E-state index in [1.807, 2.05) is 18.2 Å². The van der Waals surface area contributed by atoms with E-state index in [2.05, 4.69) is 11.4 Å². The third-order valence-electron chi connectivity index (χ3n) is 3.45. The average molecular weight is 336 g/mol. The van der Waals surface area contributed by atoms with Crippen molar-refractivity contribution in [1.29, 1.82) is 5.26 Å². The Morgan fingerprint density at radius 1 is 1.04 bits per heavy atom. The van der Waals surface area contributed by atoms with Crippen molar-refractivity contribution in [3.8, 4) is 16.5 Å². The second kappa shape index (κ2) is 7.07. The Kier molecular flexibility index (Phi) is 4.69. The highest BCUT2D eigenvalue weighted by molar-refractivity contribution is 7.17. The van der Waals surface area contributed by atoms with E-state index in [0.717, 1.165) is 16.0 Å². The van der Waals surface area contributed by atoms with Crippen molar-refractivity contribution in [1.82, 2.24) is 0 Å². The molecule has 5 heteroatoms. The highest BCUT2D eigenvalue weighted by Crippen LogP contribution is 2.28. The number of thiophene rings is 1. The molecule has 0 aliphatic rings. The summed E-state index contributed by atoms with van der Waals surface area (Å²) in [6.07, 6.45) is 0.347. The van der Waals surface area contributed by atoms with Gasteiger partial charge in [0, 0.05) is 10.6 Å². The molecule has 0 unspecified atom stereocenters. The summed E-state index contributed by atoms with van der Waals surface area (Å²) >= 11 is 1.35. The molecular formula is C19H13FN2OS. The third-order valence-corrected chi connectivity index (χ3v) is 4.59. The molecule has 3 aromatic rings. The summed E-state index contributed by atoms with van der Waals surface area (Å²) < 4.78 is 13.0. The monoisotopic (exact) mass is 336 g/mol. The van der Waals surface area contributed by atoms with Crippen molar-refractivity contribution < 1.29 is 9.18 Å². The minimum absolute atomic E-state index is 0.193. The van der Waals surface area contributed by atoms with Crippen molar-refractivity contribution in [3.05, 3.63) is 76.9 Å². The molecule has 0 saturated carbocycles. The normalized spacial score (nSPS) is 10.2. The molecule has 3 rings (SSSR count). The molecule has 24 heavy (non-hydrogen) atoms. The van der Waals surface area contributed by atoms with E-state index in [1.165, 1.54) is 23.5 Å². The number of carbonyl (C=O) groups excluding carboxylic acids is 1. The second-order valence-electron chi connectivity index (χ2n) is 5.16. The number of hydrogen-bond donors (Lipinski definition) is 1. The lowest BCUT2D eigenvalue weighted by atomic mass is 10.1. The Balaban J connectivity index is 1.71. The van der Waals surface area contributed by atoms with Crippen LogP contribution in [0.25, 0.3) is 10.4 Å². The molecule has 0 saturated heterocycles. The Morgan fingerprint density at radius 2 is 1.75 bits per heavy atom. The summed E-state index contributed by atoms with van der Waals surface area (Å²) in [5.41, 5.74) is 2.46. The van der Waals surface area contributed by atoms with Gasteiger partial charge in [-0.3, -0.25) is 4.79 Å². The van der Waals surface area contributed by atoms with E-state index in [4.69, 9.17) is 5.26 Å². The molecule has 0 aliphatic heterocycles. The molecule has 1 amide bonds. The maximum absolute atomic E-state index is 13.0. The van der Waals surface area contributed by atoms with E-state index in [9.17, 15) is 9.18 Å². The number of carbonyl (C=O) groups is 1. The van der Waals surface area contributed by atoms with Crippen LogP contribution in [0.3, 0.4) is 0 Å². The second-order valence-corrected chi connectivity index (χ2v) is 6.24. The Hall–Kier alpha value is -2.97. The van der Waals surface area contributed by atoms with E-state index < -0.39 is 0 Å². The molecule has 1 N–H and O–H groups in total. The summed E-state index contributed by atoms with van der Waals surface area (Å²) in [5.74, 6) is -0.477. The van der Waals surface area contributed by atoms with Crippen LogP contribution in [0.1, 0.15) is 15.2 Å². The van der Waals surface area contributed by atoms with E-state index in [-0.39, 0.29) is 11.7 Å². The Morgan fingerprint density at radius 3 is 2.42 bits per heavy atom. The van der Waals surface area contributed by atoms with Gasteiger partial charge in [0.25, 0.3) is 5.91 Å². The maximum Gasteiger partial charge on any atom is 0.265 e. The fourth-order valence-corrected chi connectivity index (χ4v) is 3.13. The number of nitrogens with one attached hydrogen (secondary N) is 1. The quantitative estimate of drug-likeness (QED) is 0.739. The molecule has 0 bridgehead atoms. The first-order valence-electron chi connectivity index (χ1n) is 7.29. The summed E-state index contributed by atoms with van der Waals surface area (Å²) in [5, 5.41) is 11.5. The fraction of sp³-hybridized carbons (Fsp3) is 0.0526. The smallest absolute Gasteiger partial charge is 0.265 e. The largest absolute Gasteiger partial charge is 0.321 e. The van der Waals surface area contributed by atoms with Crippen LogP contribution in [0.4, 0.5) is 10.1 Å². The van der Waals surface area contributed by atoms with E-state index in [0.29, 0.717) is 17.0 Å². The van der Waals surface area contributed by atoms with Gasteiger partial charge in [0.15, 0.2) is 0 Å². The summed E-state index contributed by atoms with van der Waals surface area (Å²) in [7, 11) is 0. The number of hydrogen-bond acceptors (Lipinski definition) is 3. The summed E-state index contributed by atoms with van der Waals surface area (Å²) in [6.45, 7) is 0. The average Bonchev–Trinajstić information content (AvgIpc) is 3.08. The first-order valence-corrected chi connectivity index (χ1v) is 8.10. The van der Waals surface area contributed by atoms with Gasteiger partial charge in [-0.1, -0.05) is 24.3 Å². The number of amides is 1. The van der Waals surface area contributed by atoms with E-state index >= 15 is 0 Å². The molecule has 0 aliphatic carbocycles. The molecule has 3 nitrogen and oxygen atoms in total. The topological polar surface area (TPSA) is 52.9 Å². The standard InChI is InChI=1S/C19H13FN2OS/c20-15-5-3-14(4-6-15)17-9-10-18(24-17)19(23)22-16-7-1-13(2-8-16)11-12-21/h1-10H,11H2,(H,22,23). The van der Waals surface area contributed by atoms with Crippen molar-refractivity contribution >= 4 is 22.9 Å². The van der Waals surface area contributed by atoms with Crippen LogP contribution in [-0.2, 0) is 6.42 Å². The van der Waals surface area contributed by atoms with E-state index in [1.54, 1.807) is 30.3 Å². The molecule has 0 atom stereocenters. The third kappa shape index (κ3) is 3.67. The number of halogens is 1. The lowest BCUT2D eigenvalue weighted by Crippen LogP contribution is -2.09. The fourth-order valence-electron chi connectivity index (χ4n) is 2.22. The van der Waals surface area contributed by atoms with Crippen molar-refractivity contribution in [2.75, 3.05) is 5.32 Å². The van der Waals surface area contributed by atoms with Gasteiger partial charge >= 0.3 is 0 Å². The summed E-state index contributed by atoms with van der Waals surface area (Å²) in [4.78, 5) is 13.8. The lowest BCUT2D eigenvalue weighted by molar-refractivity contribution is 0.103.